The molecule has 4 heterocycles. The highest BCUT2D eigenvalue weighted by Gasteiger charge is 2.44. The molecular weight excluding hydrogens is 501 g/mol. The lowest BCUT2D eigenvalue weighted by Gasteiger charge is -2.29. The van der Waals surface area contributed by atoms with Crippen LogP contribution in [-0.4, -0.2) is 64.5 Å². The molecule has 16 heteroatoms. The topological polar surface area (TPSA) is 172 Å². The summed E-state index contributed by atoms with van der Waals surface area (Å²) < 4.78 is 57.0. The normalized spacial score (nSPS) is 19.2. The maximum Gasteiger partial charge on any atom is 0.434 e. The van der Waals surface area contributed by atoms with Gasteiger partial charge in [-0.3, -0.25) is 0 Å². The van der Waals surface area contributed by atoms with E-state index in [2.05, 4.69) is 26.5 Å². The van der Waals surface area contributed by atoms with Gasteiger partial charge in [-0.25, -0.2) is 29.4 Å². The molecule has 2 saturated heterocycles. The number of hydrogen-bond donors (Lipinski definition) is 2. The Morgan fingerprint density at radius 2 is 1.97 bits per heavy atom. The van der Waals surface area contributed by atoms with E-state index in [9.17, 15) is 22.8 Å². The van der Waals surface area contributed by atoms with E-state index >= 15 is 0 Å². The first kappa shape index (κ1) is 25.6. The molecule has 196 valence electrons. The van der Waals surface area contributed by atoms with Crippen LogP contribution < -0.4 is 21.3 Å². The zero-order valence-electron chi connectivity index (χ0n) is 19.4. The van der Waals surface area contributed by atoms with E-state index in [1.54, 1.807) is 11.8 Å². The van der Waals surface area contributed by atoms with Gasteiger partial charge in [-0.2, -0.15) is 18.2 Å². The minimum Gasteiger partial charge on any atom is -0.413 e. The minimum absolute atomic E-state index is 0.00246. The van der Waals surface area contributed by atoms with E-state index in [1.165, 1.54) is 6.08 Å². The van der Waals surface area contributed by atoms with Crippen molar-refractivity contribution in [2.75, 3.05) is 41.8 Å². The van der Waals surface area contributed by atoms with Crippen molar-refractivity contribution in [2.45, 2.75) is 19.1 Å². The highest BCUT2D eigenvalue weighted by atomic mass is 19.4. The van der Waals surface area contributed by atoms with Crippen LogP contribution in [0.5, 0.6) is 0 Å². The number of morpholine rings is 1. The zero-order chi connectivity index (χ0) is 26.9. The number of rotatable bonds is 5. The maximum atomic E-state index is 13.8. The average molecular weight is 522 g/mol. The molecule has 0 radical (unpaired) electrons. The van der Waals surface area contributed by atoms with Gasteiger partial charge in [-0.1, -0.05) is 6.58 Å². The lowest BCUT2D eigenvalue weighted by molar-refractivity contribution is -0.140. The summed E-state index contributed by atoms with van der Waals surface area (Å²) >= 11 is 0. The Hall–Kier alpha value is -4.47. The van der Waals surface area contributed by atoms with Crippen molar-refractivity contribution in [2.24, 2.45) is 5.73 Å². The molecule has 0 spiro atoms. The number of aromatic nitrogens is 4. The number of amides is 2. The second-order valence-electron chi connectivity index (χ2n) is 7.72. The number of ether oxygens (including phenoxy) is 3. The third-order valence-corrected chi connectivity index (χ3v) is 5.34. The fourth-order valence-corrected chi connectivity index (χ4v) is 3.76. The van der Waals surface area contributed by atoms with Gasteiger partial charge in [-0.05, 0) is 13.0 Å². The zero-order valence-corrected chi connectivity index (χ0v) is 19.4. The molecule has 4 N–H and O–H groups in total. The number of allylic oxidation sites excluding steroid dienone is 1. The third kappa shape index (κ3) is 5.23. The number of nitrogens with two attached hydrogens (primary N) is 2. The van der Waals surface area contributed by atoms with Crippen molar-refractivity contribution in [3.8, 4) is 11.3 Å². The van der Waals surface area contributed by atoms with Crippen molar-refractivity contribution in [1.82, 2.24) is 19.9 Å². The third-order valence-electron chi connectivity index (χ3n) is 5.34. The molecule has 2 aromatic rings. The fraction of sp³-hybridized carbons (Fsp3) is 0.333. The summed E-state index contributed by atoms with van der Waals surface area (Å²) in [6.45, 7) is 6.51. The number of nitrogens with zero attached hydrogens (tertiary/aromatic N) is 6. The predicted molar refractivity (Wildman–Crippen MR) is 122 cm³/mol. The summed E-state index contributed by atoms with van der Waals surface area (Å²) in [5.74, 6) is -0.984. The Morgan fingerprint density at radius 1 is 1.27 bits per heavy atom. The standard InChI is InChI=1S/C21H21F3N8O5/c1-3-13-15(10(2)36-18(26)33)32(20(34)37-13)14-8-12(28-19(29-14)31-4-6-35-7-5-31)11-9-27-17(25)30-16(11)21(22,23)24/h3,8-9,15H,2,4-7H2,1H3,(H2,26,33)(H2,25,27,30). The second-order valence-corrected chi connectivity index (χ2v) is 7.72. The van der Waals surface area contributed by atoms with Crippen LogP contribution in [0.4, 0.5) is 40.5 Å². The molecule has 2 amide bonds. The molecule has 2 aliphatic heterocycles. The summed E-state index contributed by atoms with van der Waals surface area (Å²) in [6, 6.07) is -0.0755. The minimum atomic E-state index is -4.90. The number of primary amides is 1. The number of carbonyl (C=O) groups excluding carboxylic acids is 2. The molecule has 2 aliphatic rings. The number of halogens is 3. The number of alkyl halides is 3. The molecular formula is C21H21F3N8O5. The number of hydrogen-bond acceptors (Lipinski definition) is 11. The van der Waals surface area contributed by atoms with Gasteiger partial charge in [0, 0.05) is 30.9 Å². The van der Waals surface area contributed by atoms with Gasteiger partial charge >= 0.3 is 18.4 Å². The number of anilines is 3. The smallest absolute Gasteiger partial charge is 0.413 e. The van der Waals surface area contributed by atoms with Crippen molar-refractivity contribution in [1.29, 1.82) is 0 Å². The largest absolute Gasteiger partial charge is 0.434 e. The summed E-state index contributed by atoms with van der Waals surface area (Å²) in [5.41, 5.74) is 8.43. The second kappa shape index (κ2) is 9.88. The Balaban J connectivity index is 1.91. The molecule has 2 fully saturated rings. The molecule has 2 aromatic heterocycles. The number of carbonyl (C=O) groups is 2. The molecule has 0 saturated carbocycles. The molecule has 0 aliphatic carbocycles. The van der Waals surface area contributed by atoms with Gasteiger partial charge in [0.2, 0.25) is 11.9 Å². The van der Waals surface area contributed by atoms with Gasteiger partial charge in [0.05, 0.1) is 18.9 Å². The molecule has 0 aromatic carbocycles. The SMILES string of the molecule is C=C(OC(N)=O)C1C(=CC)OC(=O)N1c1cc(-c2cnc(N)nc2C(F)(F)F)nc(N2CCOCC2)n1. The van der Waals surface area contributed by atoms with E-state index in [0.29, 0.717) is 26.3 Å². The highest BCUT2D eigenvalue weighted by molar-refractivity contribution is 5.93. The van der Waals surface area contributed by atoms with Crippen LogP contribution in [0.3, 0.4) is 0 Å². The van der Waals surface area contributed by atoms with E-state index in [1.807, 2.05) is 0 Å². The summed E-state index contributed by atoms with van der Waals surface area (Å²) in [7, 11) is 0. The van der Waals surface area contributed by atoms with Crippen molar-refractivity contribution in [3.05, 3.63) is 42.1 Å². The Bertz CT molecular complexity index is 1280. The van der Waals surface area contributed by atoms with Crippen LogP contribution in [0.1, 0.15) is 12.6 Å². The maximum absolute atomic E-state index is 13.8. The lowest BCUT2D eigenvalue weighted by Crippen LogP contribution is -2.39. The van der Waals surface area contributed by atoms with E-state index in [0.717, 1.165) is 17.2 Å². The van der Waals surface area contributed by atoms with Gasteiger partial charge in [0.15, 0.2) is 11.7 Å². The van der Waals surface area contributed by atoms with Crippen molar-refractivity contribution >= 4 is 29.9 Å². The lowest BCUT2D eigenvalue weighted by atomic mass is 10.1. The summed E-state index contributed by atoms with van der Waals surface area (Å²) in [4.78, 5) is 42.6. The quantitative estimate of drug-likeness (QED) is 0.551. The molecule has 4 rings (SSSR count). The summed E-state index contributed by atoms with van der Waals surface area (Å²) in [6.07, 6.45) is -4.72. The Labute approximate surface area is 207 Å². The van der Waals surface area contributed by atoms with Crippen LogP contribution >= 0.6 is 0 Å². The number of cyclic esters (lactones) is 1. The van der Waals surface area contributed by atoms with Crippen LogP contribution in [-0.2, 0) is 20.4 Å². The molecule has 1 atom stereocenters. The van der Waals surface area contributed by atoms with Gasteiger partial charge in [-0.15, -0.1) is 0 Å². The van der Waals surface area contributed by atoms with Gasteiger partial charge < -0.3 is 30.6 Å². The van der Waals surface area contributed by atoms with Crippen LogP contribution in [0.2, 0.25) is 0 Å². The van der Waals surface area contributed by atoms with E-state index in [-0.39, 0.29) is 29.0 Å². The monoisotopic (exact) mass is 522 g/mol. The van der Waals surface area contributed by atoms with Crippen LogP contribution in [0, 0.1) is 0 Å². The highest BCUT2D eigenvalue weighted by Crippen LogP contribution is 2.38. The molecule has 13 nitrogen and oxygen atoms in total. The first-order valence-electron chi connectivity index (χ1n) is 10.7. The molecule has 37 heavy (non-hydrogen) atoms. The van der Waals surface area contributed by atoms with E-state index in [4.69, 9.17) is 25.7 Å². The fourth-order valence-electron chi connectivity index (χ4n) is 3.76. The van der Waals surface area contributed by atoms with Crippen molar-refractivity contribution in [3.63, 3.8) is 0 Å². The van der Waals surface area contributed by atoms with Crippen molar-refractivity contribution < 1.29 is 37.0 Å². The predicted octanol–water partition coefficient (Wildman–Crippen LogP) is 2.21. The summed E-state index contributed by atoms with van der Waals surface area (Å²) in [5, 5.41) is 0. The number of nitrogen functional groups attached to an aromatic ring is 1. The molecule has 0 bridgehead atoms. The van der Waals surface area contributed by atoms with Crippen LogP contribution in [0.25, 0.3) is 11.3 Å². The molecule has 1 unspecified atom stereocenters. The Morgan fingerprint density at radius 3 is 2.59 bits per heavy atom. The van der Waals surface area contributed by atoms with Gasteiger partial charge in [0.25, 0.3) is 0 Å². The Kier molecular flexibility index (Phi) is 6.84. The average Bonchev–Trinajstić information content (AvgIpc) is 3.19. The first-order valence-corrected chi connectivity index (χ1v) is 10.7. The van der Waals surface area contributed by atoms with E-state index < -0.39 is 41.6 Å². The van der Waals surface area contributed by atoms with Crippen LogP contribution in [0.15, 0.2) is 36.4 Å². The van der Waals surface area contributed by atoms with Gasteiger partial charge in [0.1, 0.15) is 17.3 Å². The first-order chi connectivity index (χ1) is 17.5.